The van der Waals surface area contributed by atoms with Crippen molar-refractivity contribution in [3.63, 3.8) is 0 Å². The van der Waals surface area contributed by atoms with Gasteiger partial charge >= 0.3 is 0 Å². The lowest BCUT2D eigenvalue weighted by molar-refractivity contribution is 0.705. The van der Waals surface area contributed by atoms with Gasteiger partial charge in [0.1, 0.15) is 18.0 Å². The Kier molecular flexibility index (Phi) is 3.81. The van der Waals surface area contributed by atoms with Crippen molar-refractivity contribution in [2.75, 3.05) is 22.9 Å². The number of fused-ring (bicyclic) bond motifs is 2. The van der Waals surface area contributed by atoms with E-state index in [4.69, 9.17) is 0 Å². The van der Waals surface area contributed by atoms with Crippen LogP contribution in [-0.4, -0.2) is 23.1 Å². The van der Waals surface area contributed by atoms with E-state index in [0.717, 1.165) is 50.7 Å². The summed E-state index contributed by atoms with van der Waals surface area (Å²) in [6.45, 7) is 3.87. The first kappa shape index (κ1) is 15.4. The summed E-state index contributed by atoms with van der Waals surface area (Å²) in [5.74, 6) is 2.06. The minimum Gasteiger partial charge on any atom is -0.352 e. The fraction of sp³-hybridized carbons (Fsp3) is 0.273. The number of hydrogen-bond acceptors (Lipinski definition) is 4. The predicted molar refractivity (Wildman–Crippen MR) is 104 cm³/mol. The van der Waals surface area contributed by atoms with Crippen LogP contribution in [0.3, 0.4) is 0 Å². The maximum Gasteiger partial charge on any atom is 0.134 e. The molecular formula is C22H22N4. The summed E-state index contributed by atoms with van der Waals surface area (Å²) in [4.78, 5) is 13.9. The van der Waals surface area contributed by atoms with E-state index >= 15 is 0 Å². The smallest absolute Gasteiger partial charge is 0.134 e. The van der Waals surface area contributed by atoms with Crippen molar-refractivity contribution in [3.8, 4) is 0 Å². The monoisotopic (exact) mass is 342 g/mol. The Morgan fingerprint density at radius 3 is 1.58 bits per heavy atom. The zero-order chi connectivity index (χ0) is 17.3. The van der Waals surface area contributed by atoms with Gasteiger partial charge in [-0.05, 0) is 35.1 Å². The summed E-state index contributed by atoms with van der Waals surface area (Å²) in [7, 11) is 0. The molecule has 2 aliphatic rings. The van der Waals surface area contributed by atoms with Crippen LogP contribution in [0.1, 0.15) is 22.3 Å². The molecule has 0 radical (unpaired) electrons. The van der Waals surface area contributed by atoms with Crippen LogP contribution in [0.5, 0.6) is 0 Å². The van der Waals surface area contributed by atoms with Crippen molar-refractivity contribution in [2.45, 2.75) is 25.9 Å². The average molecular weight is 342 g/mol. The number of hydrogen-bond donors (Lipinski definition) is 0. The molecule has 0 bridgehead atoms. The highest BCUT2D eigenvalue weighted by atomic mass is 15.2. The molecule has 130 valence electrons. The van der Waals surface area contributed by atoms with E-state index in [0.29, 0.717) is 0 Å². The highest BCUT2D eigenvalue weighted by Crippen LogP contribution is 2.27. The Labute approximate surface area is 154 Å². The summed E-state index contributed by atoms with van der Waals surface area (Å²) in [6.07, 6.45) is 3.87. The summed E-state index contributed by atoms with van der Waals surface area (Å²) < 4.78 is 0. The van der Waals surface area contributed by atoms with E-state index in [9.17, 15) is 0 Å². The van der Waals surface area contributed by atoms with Gasteiger partial charge in [0.25, 0.3) is 0 Å². The minimum absolute atomic E-state index is 0.926. The summed E-state index contributed by atoms with van der Waals surface area (Å²) in [5, 5.41) is 0. The van der Waals surface area contributed by atoms with Crippen molar-refractivity contribution < 1.29 is 0 Å². The van der Waals surface area contributed by atoms with Gasteiger partial charge < -0.3 is 9.80 Å². The highest BCUT2D eigenvalue weighted by Gasteiger charge is 2.20. The normalized spacial score (nSPS) is 16.2. The van der Waals surface area contributed by atoms with E-state index in [1.807, 2.05) is 0 Å². The molecule has 0 spiro atoms. The molecule has 2 aromatic carbocycles. The van der Waals surface area contributed by atoms with Gasteiger partial charge in [-0.15, -0.1) is 0 Å². The van der Waals surface area contributed by atoms with E-state index in [-0.39, 0.29) is 0 Å². The van der Waals surface area contributed by atoms with E-state index in [1.165, 1.54) is 22.3 Å². The van der Waals surface area contributed by atoms with Gasteiger partial charge in [-0.3, -0.25) is 0 Å². The van der Waals surface area contributed by atoms with Gasteiger partial charge in [-0.25, -0.2) is 9.97 Å². The van der Waals surface area contributed by atoms with Crippen LogP contribution in [-0.2, 0) is 25.9 Å². The van der Waals surface area contributed by atoms with Crippen LogP contribution in [0, 0.1) is 0 Å². The van der Waals surface area contributed by atoms with Gasteiger partial charge in [0.05, 0.1) is 0 Å². The maximum atomic E-state index is 4.56. The Morgan fingerprint density at radius 1 is 0.615 bits per heavy atom. The van der Waals surface area contributed by atoms with Crippen LogP contribution in [0.25, 0.3) is 0 Å². The first-order valence-electron chi connectivity index (χ1n) is 9.32. The SMILES string of the molecule is c1ccc2c(c1)CCN(c1cc(N3CCc4ccccc4C3)ncn1)C2. The fourth-order valence-corrected chi connectivity index (χ4v) is 4.07. The van der Waals surface area contributed by atoms with Gasteiger partial charge in [-0.2, -0.15) is 0 Å². The molecule has 0 amide bonds. The molecule has 0 atom stereocenters. The molecule has 4 nitrogen and oxygen atoms in total. The lowest BCUT2D eigenvalue weighted by atomic mass is 9.99. The van der Waals surface area contributed by atoms with Crippen LogP contribution in [0.4, 0.5) is 11.6 Å². The Balaban J connectivity index is 1.39. The predicted octanol–water partition coefficient (Wildman–Crippen LogP) is 3.60. The van der Waals surface area contributed by atoms with E-state index < -0.39 is 0 Å². The molecule has 0 aliphatic carbocycles. The third-order valence-corrected chi connectivity index (χ3v) is 5.55. The van der Waals surface area contributed by atoms with E-state index in [2.05, 4.69) is 74.4 Å². The standard InChI is InChI=1S/C22H22N4/c1-3-7-19-14-25(11-9-17(19)5-1)21-13-22(24-16-23-21)26-12-10-18-6-2-4-8-20(18)15-26/h1-8,13,16H,9-12,14-15H2. The molecule has 4 heteroatoms. The quantitative estimate of drug-likeness (QED) is 0.712. The van der Waals surface area contributed by atoms with Crippen molar-refractivity contribution in [1.82, 2.24) is 9.97 Å². The Hall–Kier alpha value is -2.88. The molecule has 3 aromatic rings. The van der Waals surface area contributed by atoms with Gasteiger partial charge in [0, 0.05) is 32.2 Å². The van der Waals surface area contributed by atoms with Crippen LogP contribution >= 0.6 is 0 Å². The zero-order valence-corrected chi connectivity index (χ0v) is 14.8. The first-order chi connectivity index (χ1) is 12.9. The summed E-state index contributed by atoms with van der Waals surface area (Å²) >= 11 is 0. The molecule has 0 saturated carbocycles. The molecular weight excluding hydrogens is 320 g/mol. The number of benzene rings is 2. The van der Waals surface area contributed by atoms with Gasteiger partial charge in [0.2, 0.25) is 0 Å². The van der Waals surface area contributed by atoms with Crippen molar-refractivity contribution in [3.05, 3.63) is 83.2 Å². The fourth-order valence-electron chi connectivity index (χ4n) is 4.07. The zero-order valence-electron chi connectivity index (χ0n) is 14.8. The number of anilines is 2. The highest BCUT2D eigenvalue weighted by molar-refractivity contribution is 5.53. The second-order valence-electron chi connectivity index (χ2n) is 7.11. The minimum atomic E-state index is 0.926. The molecule has 0 unspecified atom stereocenters. The summed E-state index contributed by atoms with van der Waals surface area (Å²) in [5.41, 5.74) is 5.74. The molecule has 26 heavy (non-hydrogen) atoms. The second-order valence-corrected chi connectivity index (χ2v) is 7.11. The first-order valence-corrected chi connectivity index (χ1v) is 9.32. The second kappa shape index (κ2) is 6.45. The Bertz CT molecular complexity index is 864. The van der Waals surface area contributed by atoms with Gasteiger partial charge in [-0.1, -0.05) is 48.5 Å². The van der Waals surface area contributed by atoms with Crippen LogP contribution in [0.2, 0.25) is 0 Å². The van der Waals surface area contributed by atoms with Crippen LogP contribution < -0.4 is 9.80 Å². The molecule has 3 heterocycles. The van der Waals surface area contributed by atoms with Crippen molar-refractivity contribution >= 4 is 11.6 Å². The molecule has 5 rings (SSSR count). The topological polar surface area (TPSA) is 32.3 Å². The lowest BCUT2D eigenvalue weighted by Crippen LogP contribution is -2.33. The largest absolute Gasteiger partial charge is 0.352 e. The Morgan fingerprint density at radius 2 is 1.08 bits per heavy atom. The number of aromatic nitrogens is 2. The molecule has 1 aromatic heterocycles. The molecule has 2 aliphatic heterocycles. The molecule has 0 N–H and O–H groups in total. The average Bonchev–Trinajstić information content (AvgIpc) is 2.73. The molecule has 0 fully saturated rings. The number of rotatable bonds is 2. The van der Waals surface area contributed by atoms with E-state index in [1.54, 1.807) is 6.33 Å². The maximum absolute atomic E-state index is 4.56. The van der Waals surface area contributed by atoms with Gasteiger partial charge in [0.15, 0.2) is 0 Å². The summed E-state index contributed by atoms with van der Waals surface area (Å²) in [6, 6.07) is 19.6. The lowest BCUT2D eigenvalue weighted by Gasteiger charge is -2.32. The van der Waals surface area contributed by atoms with Crippen LogP contribution in [0.15, 0.2) is 60.9 Å². The third kappa shape index (κ3) is 2.81. The molecule has 0 saturated heterocycles. The third-order valence-electron chi connectivity index (χ3n) is 5.55. The van der Waals surface area contributed by atoms with Crippen molar-refractivity contribution in [1.29, 1.82) is 0 Å². The number of nitrogens with zero attached hydrogens (tertiary/aromatic N) is 4. The van der Waals surface area contributed by atoms with Crippen molar-refractivity contribution in [2.24, 2.45) is 0 Å².